The molecule has 1 saturated heterocycles. The number of nitrogens with zero attached hydrogens (tertiary/aromatic N) is 5. The van der Waals surface area contributed by atoms with E-state index in [-0.39, 0.29) is 6.17 Å². The van der Waals surface area contributed by atoms with Crippen molar-refractivity contribution in [1.29, 1.82) is 0 Å². The molecular formula is C14H22N6O. The summed E-state index contributed by atoms with van der Waals surface area (Å²) in [5.74, 6) is 1.82. The van der Waals surface area contributed by atoms with E-state index in [1.807, 2.05) is 6.21 Å². The summed E-state index contributed by atoms with van der Waals surface area (Å²) in [6.45, 7) is 9.16. The van der Waals surface area contributed by atoms with Gasteiger partial charge in [0.2, 0.25) is 0 Å². The molecule has 3 heterocycles. The Kier molecular flexibility index (Phi) is 4.31. The van der Waals surface area contributed by atoms with Crippen LogP contribution in [0.25, 0.3) is 0 Å². The molecule has 7 heteroatoms. The number of aromatic nitrogens is 2. The first-order valence-electron chi connectivity index (χ1n) is 7.57. The summed E-state index contributed by atoms with van der Waals surface area (Å²) in [6.07, 6.45) is 3.68. The lowest BCUT2D eigenvalue weighted by atomic mass is 10.2. The second-order valence-corrected chi connectivity index (χ2v) is 5.04. The Bertz CT molecular complexity index is 514. The van der Waals surface area contributed by atoms with Crippen molar-refractivity contribution in [3.63, 3.8) is 0 Å². The van der Waals surface area contributed by atoms with Crippen molar-refractivity contribution >= 4 is 23.5 Å². The monoisotopic (exact) mass is 290 g/mol. The van der Waals surface area contributed by atoms with Gasteiger partial charge in [0.25, 0.3) is 0 Å². The molecule has 7 nitrogen and oxygen atoms in total. The number of aliphatic imine (C=N–C) groups is 1. The van der Waals surface area contributed by atoms with Gasteiger partial charge in [-0.05, 0) is 13.5 Å². The molecule has 21 heavy (non-hydrogen) atoms. The van der Waals surface area contributed by atoms with Crippen LogP contribution >= 0.6 is 0 Å². The molecule has 1 N–H and O–H groups in total. The third kappa shape index (κ3) is 2.71. The highest BCUT2D eigenvalue weighted by molar-refractivity contribution is 5.87. The fourth-order valence-electron chi connectivity index (χ4n) is 2.77. The molecule has 0 aliphatic carbocycles. The fraction of sp³-hybridized carbons (Fsp3) is 0.643. The van der Waals surface area contributed by atoms with Crippen molar-refractivity contribution in [3.8, 4) is 0 Å². The molecule has 0 radical (unpaired) electrons. The van der Waals surface area contributed by atoms with Crippen molar-refractivity contribution in [2.75, 3.05) is 49.2 Å². The van der Waals surface area contributed by atoms with Gasteiger partial charge in [0, 0.05) is 25.8 Å². The minimum atomic E-state index is 0.0972. The Morgan fingerprint density at radius 3 is 2.71 bits per heavy atom. The van der Waals surface area contributed by atoms with Gasteiger partial charge in [0.1, 0.15) is 18.2 Å². The van der Waals surface area contributed by atoms with Crippen LogP contribution < -0.4 is 15.1 Å². The zero-order valence-corrected chi connectivity index (χ0v) is 12.6. The number of fused-ring (bicyclic) bond motifs is 1. The van der Waals surface area contributed by atoms with E-state index >= 15 is 0 Å². The SMILES string of the molecule is CCNC1C=Nc2c(N3CCOCC3)ncnc2N1CC. The lowest BCUT2D eigenvalue weighted by Gasteiger charge is -2.35. The number of nitrogens with one attached hydrogen (secondary N) is 1. The Morgan fingerprint density at radius 2 is 2.00 bits per heavy atom. The van der Waals surface area contributed by atoms with E-state index in [2.05, 4.69) is 43.9 Å². The summed E-state index contributed by atoms with van der Waals surface area (Å²) in [6, 6.07) is 0. The van der Waals surface area contributed by atoms with Gasteiger partial charge in [-0.1, -0.05) is 6.92 Å². The van der Waals surface area contributed by atoms with Gasteiger partial charge in [0.15, 0.2) is 11.6 Å². The molecule has 0 bridgehead atoms. The van der Waals surface area contributed by atoms with E-state index in [4.69, 9.17) is 4.74 Å². The molecule has 2 aliphatic heterocycles. The minimum Gasteiger partial charge on any atom is -0.378 e. The fourth-order valence-corrected chi connectivity index (χ4v) is 2.77. The highest BCUT2D eigenvalue weighted by Gasteiger charge is 2.27. The van der Waals surface area contributed by atoms with Gasteiger partial charge in [-0.15, -0.1) is 0 Å². The summed E-state index contributed by atoms with van der Waals surface area (Å²) in [7, 11) is 0. The van der Waals surface area contributed by atoms with Crippen LogP contribution in [0.2, 0.25) is 0 Å². The molecule has 114 valence electrons. The molecule has 2 aliphatic rings. The lowest BCUT2D eigenvalue weighted by Crippen LogP contribution is -2.49. The third-order valence-electron chi connectivity index (χ3n) is 3.80. The summed E-state index contributed by atoms with van der Waals surface area (Å²) < 4.78 is 5.41. The first-order valence-corrected chi connectivity index (χ1v) is 7.57. The molecule has 1 aromatic heterocycles. The largest absolute Gasteiger partial charge is 0.378 e. The third-order valence-corrected chi connectivity index (χ3v) is 3.80. The maximum Gasteiger partial charge on any atom is 0.161 e. The van der Waals surface area contributed by atoms with Crippen LogP contribution in [0.5, 0.6) is 0 Å². The van der Waals surface area contributed by atoms with Crippen molar-refractivity contribution in [2.45, 2.75) is 20.0 Å². The zero-order chi connectivity index (χ0) is 14.7. The van der Waals surface area contributed by atoms with Crippen LogP contribution in [0.4, 0.5) is 17.3 Å². The van der Waals surface area contributed by atoms with E-state index in [1.54, 1.807) is 6.33 Å². The van der Waals surface area contributed by atoms with Crippen molar-refractivity contribution in [2.24, 2.45) is 4.99 Å². The average Bonchev–Trinajstić information content (AvgIpc) is 2.55. The first-order chi connectivity index (χ1) is 10.3. The molecule has 0 spiro atoms. The number of hydrogen-bond acceptors (Lipinski definition) is 7. The minimum absolute atomic E-state index is 0.0972. The van der Waals surface area contributed by atoms with Crippen LogP contribution in [0, 0.1) is 0 Å². The van der Waals surface area contributed by atoms with Crippen molar-refractivity contribution in [1.82, 2.24) is 15.3 Å². The van der Waals surface area contributed by atoms with Crippen molar-refractivity contribution in [3.05, 3.63) is 6.33 Å². The van der Waals surface area contributed by atoms with Gasteiger partial charge in [0.05, 0.1) is 13.2 Å². The lowest BCUT2D eigenvalue weighted by molar-refractivity contribution is 0.122. The van der Waals surface area contributed by atoms with Gasteiger partial charge in [-0.25, -0.2) is 15.0 Å². The Labute approximate surface area is 125 Å². The molecule has 1 unspecified atom stereocenters. The topological polar surface area (TPSA) is 65.9 Å². The second-order valence-electron chi connectivity index (χ2n) is 5.04. The summed E-state index contributed by atoms with van der Waals surface area (Å²) in [4.78, 5) is 18.0. The number of rotatable bonds is 4. The van der Waals surface area contributed by atoms with Crippen LogP contribution in [0.15, 0.2) is 11.3 Å². The van der Waals surface area contributed by atoms with Gasteiger partial charge >= 0.3 is 0 Å². The van der Waals surface area contributed by atoms with Crippen LogP contribution in [0.1, 0.15) is 13.8 Å². The number of anilines is 2. The van der Waals surface area contributed by atoms with E-state index in [0.29, 0.717) is 0 Å². The predicted octanol–water partition coefficient (Wildman–Crippen LogP) is 0.791. The quantitative estimate of drug-likeness (QED) is 0.884. The molecule has 0 amide bonds. The average molecular weight is 290 g/mol. The van der Waals surface area contributed by atoms with Crippen LogP contribution in [0.3, 0.4) is 0 Å². The van der Waals surface area contributed by atoms with Gasteiger partial charge in [-0.2, -0.15) is 0 Å². The molecule has 1 aromatic rings. The van der Waals surface area contributed by atoms with Crippen LogP contribution in [-0.2, 0) is 4.74 Å². The molecule has 1 fully saturated rings. The molecule has 1 atom stereocenters. The Balaban J connectivity index is 1.95. The summed E-state index contributed by atoms with van der Waals surface area (Å²) in [5.41, 5.74) is 0.871. The maximum atomic E-state index is 5.41. The highest BCUT2D eigenvalue weighted by atomic mass is 16.5. The van der Waals surface area contributed by atoms with Crippen LogP contribution in [-0.4, -0.2) is 61.7 Å². The predicted molar refractivity (Wildman–Crippen MR) is 83.7 cm³/mol. The molecular weight excluding hydrogens is 268 g/mol. The normalized spacial score (nSPS) is 21.5. The Morgan fingerprint density at radius 1 is 1.24 bits per heavy atom. The van der Waals surface area contributed by atoms with E-state index < -0.39 is 0 Å². The summed E-state index contributed by atoms with van der Waals surface area (Å²) in [5, 5.41) is 3.41. The van der Waals surface area contributed by atoms with Gasteiger partial charge < -0.3 is 14.5 Å². The number of hydrogen-bond donors (Lipinski definition) is 1. The van der Waals surface area contributed by atoms with E-state index in [9.17, 15) is 0 Å². The standard InChI is InChI=1S/C14H22N6O/c1-3-15-11-9-16-12-13(19-5-7-21-8-6-19)17-10-18-14(12)20(11)4-2/h9-11,15H,3-8H2,1-2H3. The summed E-state index contributed by atoms with van der Waals surface area (Å²) >= 11 is 0. The van der Waals surface area contributed by atoms with Gasteiger partial charge in [-0.3, -0.25) is 5.32 Å². The second kappa shape index (κ2) is 6.36. The smallest absolute Gasteiger partial charge is 0.161 e. The van der Waals surface area contributed by atoms with E-state index in [1.165, 1.54) is 0 Å². The molecule has 0 aromatic carbocycles. The number of morpholine rings is 1. The number of ether oxygens (including phenoxy) is 1. The molecule has 3 rings (SSSR count). The maximum absolute atomic E-state index is 5.41. The van der Waals surface area contributed by atoms with E-state index in [0.717, 1.165) is 56.7 Å². The highest BCUT2D eigenvalue weighted by Crippen LogP contribution is 2.37. The van der Waals surface area contributed by atoms with Crippen molar-refractivity contribution < 1.29 is 4.74 Å². The molecule has 0 saturated carbocycles. The first kappa shape index (κ1) is 14.2. The Hall–Kier alpha value is -1.73. The zero-order valence-electron chi connectivity index (χ0n) is 12.6.